The first-order valence-electron chi connectivity index (χ1n) is 6.60. The monoisotopic (exact) mass is 297 g/mol. The van der Waals surface area contributed by atoms with E-state index >= 15 is 0 Å². The molecule has 2 aliphatic heterocycles. The van der Waals surface area contributed by atoms with E-state index in [0.717, 1.165) is 38.8 Å². The second-order valence-corrected chi connectivity index (χ2v) is 6.87. The van der Waals surface area contributed by atoms with Gasteiger partial charge in [-0.05, 0) is 19.8 Å². The maximum absolute atomic E-state index is 12.5. The fourth-order valence-electron chi connectivity index (χ4n) is 2.59. The van der Waals surface area contributed by atoms with Crippen LogP contribution < -0.4 is 5.32 Å². The second kappa shape index (κ2) is 7.05. The van der Waals surface area contributed by atoms with E-state index in [2.05, 4.69) is 5.32 Å². The molecule has 0 aromatic carbocycles. The summed E-state index contributed by atoms with van der Waals surface area (Å²) in [7, 11) is -3.23. The first-order chi connectivity index (χ1) is 8.12. The molecule has 2 heterocycles. The van der Waals surface area contributed by atoms with Crippen molar-refractivity contribution >= 4 is 22.6 Å². The van der Waals surface area contributed by atoms with Gasteiger partial charge in [-0.1, -0.05) is 12.8 Å². The van der Waals surface area contributed by atoms with Crippen LogP contribution in [-0.4, -0.2) is 55.8 Å². The molecule has 0 bridgehead atoms. The summed E-state index contributed by atoms with van der Waals surface area (Å²) in [5.41, 5.74) is 0. The van der Waals surface area contributed by atoms with Gasteiger partial charge in [-0.25, -0.2) is 0 Å². The maximum atomic E-state index is 12.5. The summed E-state index contributed by atoms with van der Waals surface area (Å²) < 4.78 is 28.4. The maximum Gasteiger partial charge on any atom is 0.282 e. The molecule has 18 heavy (non-hydrogen) atoms. The van der Waals surface area contributed by atoms with Crippen molar-refractivity contribution in [1.29, 1.82) is 0 Å². The lowest BCUT2D eigenvalue weighted by molar-refractivity contribution is 0.257. The van der Waals surface area contributed by atoms with E-state index in [9.17, 15) is 8.42 Å². The molecule has 1 atom stereocenters. The number of nitrogens with zero attached hydrogens (tertiary/aromatic N) is 2. The number of hydrogen-bond acceptors (Lipinski definition) is 3. The molecular weight excluding hydrogens is 274 g/mol. The quantitative estimate of drug-likeness (QED) is 0.821. The van der Waals surface area contributed by atoms with E-state index in [1.807, 2.05) is 6.92 Å². The molecule has 5 nitrogen and oxygen atoms in total. The average molecular weight is 298 g/mol. The average Bonchev–Trinajstić information content (AvgIpc) is 2.58. The smallest absolute Gasteiger partial charge is 0.282 e. The van der Waals surface area contributed by atoms with Crippen molar-refractivity contribution in [3.63, 3.8) is 0 Å². The molecule has 108 valence electrons. The van der Waals surface area contributed by atoms with Crippen LogP contribution in [0.2, 0.25) is 0 Å². The molecule has 0 saturated carbocycles. The third kappa shape index (κ3) is 3.57. The van der Waals surface area contributed by atoms with Gasteiger partial charge in [0.2, 0.25) is 0 Å². The van der Waals surface area contributed by atoms with E-state index in [1.54, 1.807) is 8.61 Å². The van der Waals surface area contributed by atoms with Crippen LogP contribution in [0.15, 0.2) is 0 Å². The minimum atomic E-state index is -3.23. The molecule has 0 radical (unpaired) electrons. The summed E-state index contributed by atoms with van der Waals surface area (Å²) in [4.78, 5) is 0. The van der Waals surface area contributed by atoms with Crippen molar-refractivity contribution in [2.45, 2.75) is 38.6 Å². The van der Waals surface area contributed by atoms with Gasteiger partial charge in [0.15, 0.2) is 0 Å². The van der Waals surface area contributed by atoms with Gasteiger partial charge in [-0.15, -0.1) is 12.4 Å². The summed E-state index contributed by atoms with van der Waals surface area (Å²) in [5, 5.41) is 3.23. The Labute approximate surface area is 116 Å². The fourth-order valence-corrected chi connectivity index (χ4v) is 4.45. The summed E-state index contributed by atoms with van der Waals surface area (Å²) in [6.45, 7) is 5.48. The van der Waals surface area contributed by atoms with Gasteiger partial charge in [0.05, 0.1) is 0 Å². The fraction of sp³-hybridized carbons (Fsp3) is 1.00. The van der Waals surface area contributed by atoms with Crippen molar-refractivity contribution in [2.75, 3.05) is 32.7 Å². The van der Waals surface area contributed by atoms with Gasteiger partial charge in [0.25, 0.3) is 10.2 Å². The highest BCUT2D eigenvalue weighted by atomic mass is 35.5. The van der Waals surface area contributed by atoms with E-state index in [1.165, 1.54) is 0 Å². The molecule has 0 amide bonds. The first-order valence-corrected chi connectivity index (χ1v) is 8.00. The highest BCUT2D eigenvalue weighted by Gasteiger charge is 2.34. The van der Waals surface area contributed by atoms with E-state index in [4.69, 9.17) is 0 Å². The van der Waals surface area contributed by atoms with Gasteiger partial charge < -0.3 is 5.32 Å². The first kappa shape index (κ1) is 16.2. The van der Waals surface area contributed by atoms with Crippen molar-refractivity contribution < 1.29 is 8.42 Å². The van der Waals surface area contributed by atoms with Gasteiger partial charge in [0, 0.05) is 38.8 Å². The summed E-state index contributed by atoms with van der Waals surface area (Å²) in [5.74, 6) is 0. The number of rotatable bonds is 2. The van der Waals surface area contributed by atoms with E-state index in [-0.39, 0.29) is 18.4 Å². The van der Waals surface area contributed by atoms with Gasteiger partial charge in [-0.2, -0.15) is 17.0 Å². The number of hydrogen-bond donors (Lipinski definition) is 1. The van der Waals surface area contributed by atoms with Gasteiger partial charge in [0.1, 0.15) is 0 Å². The Kier molecular flexibility index (Phi) is 6.34. The summed E-state index contributed by atoms with van der Waals surface area (Å²) in [6, 6.07) is 0.0667. The predicted molar refractivity (Wildman–Crippen MR) is 75.2 cm³/mol. The molecule has 2 aliphatic rings. The largest absolute Gasteiger partial charge is 0.314 e. The molecule has 2 rings (SSSR count). The zero-order valence-electron chi connectivity index (χ0n) is 11.0. The standard InChI is InChI=1S/C11H23N3O2S.ClH/c1-11-10-12-6-9-14(11)17(15,16)13-7-4-2-3-5-8-13;/h11-12H,2-10H2,1H3;1H/t11-;/m1./s1. The van der Waals surface area contributed by atoms with Crippen LogP contribution in [0.1, 0.15) is 32.6 Å². The lowest BCUT2D eigenvalue weighted by Crippen LogP contribution is -2.56. The van der Waals surface area contributed by atoms with E-state index < -0.39 is 10.2 Å². The van der Waals surface area contributed by atoms with Crippen LogP contribution in [0.3, 0.4) is 0 Å². The zero-order chi connectivity index (χ0) is 12.3. The minimum Gasteiger partial charge on any atom is -0.314 e. The van der Waals surface area contributed by atoms with Crippen molar-refractivity contribution in [3.05, 3.63) is 0 Å². The van der Waals surface area contributed by atoms with Crippen LogP contribution in [-0.2, 0) is 10.2 Å². The Morgan fingerprint density at radius 1 is 1.06 bits per heavy atom. The van der Waals surface area contributed by atoms with Gasteiger partial charge >= 0.3 is 0 Å². The number of piperazine rings is 1. The highest BCUT2D eigenvalue weighted by Crippen LogP contribution is 2.18. The Morgan fingerprint density at radius 3 is 2.22 bits per heavy atom. The molecule has 1 N–H and O–H groups in total. The zero-order valence-corrected chi connectivity index (χ0v) is 12.6. The third-order valence-corrected chi connectivity index (χ3v) is 5.78. The van der Waals surface area contributed by atoms with Crippen LogP contribution in [0.5, 0.6) is 0 Å². The lowest BCUT2D eigenvalue weighted by atomic mass is 10.2. The van der Waals surface area contributed by atoms with E-state index in [0.29, 0.717) is 19.6 Å². The molecule has 2 saturated heterocycles. The number of nitrogens with one attached hydrogen (secondary N) is 1. The molecule has 0 aliphatic carbocycles. The van der Waals surface area contributed by atoms with Crippen LogP contribution in [0, 0.1) is 0 Å². The predicted octanol–water partition coefficient (Wildman–Crippen LogP) is 0.823. The normalized spacial score (nSPS) is 28.4. The van der Waals surface area contributed by atoms with Crippen LogP contribution in [0.25, 0.3) is 0 Å². The SMILES string of the molecule is C[C@@H]1CNCCN1S(=O)(=O)N1CCCCCC1.Cl. The van der Waals surface area contributed by atoms with Crippen molar-refractivity contribution in [3.8, 4) is 0 Å². The number of halogens is 1. The Morgan fingerprint density at radius 2 is 1.67 bits per heavy atom. The molecule has 0 aromatic heterocycles. The molecular formula is C11H24ClN3O2S. The third-order valence-electron chi connectivity index (χ3n) is 3.63. The molecule has 2 fully saturated rings. The topological polar surface area (TPSA) is 52.7 Å². The molecule has 0 unspecified atom stereocenters. The van der Waals surface area contributed by atoms with Crippen LogP contribution in [0.4, 0.5) is 0 Å². The van der Waals surface area contributed by atoms with Crippen molar-refractivity contribution in [1.82, 2.24) is 13.9 Å². The van der Waals surface area contributed by atoms with Crippen LogP contribution >= 0.6 is 12.4 Å². The second-order valence-electron chi connectivity index (χ2n) is 4.98. The molecule has 7 heteroatoms. The molecule has 0 aromatic rings. The van der Waals surface area contributed by atoms with Gasteiger partial charge in [-0.3, -0.25) is 0 Å². The Hall–Kier alpha value is 0.120. The lowest BCUT2D eigenvalue weighted by Gasteiger charge is -2.36. The minimum absolute atomic E-state index is 0. The highest BCUT2D eigenvalue weighted by molar-refractivity contribution is 7.86. The Balaban J connectivity index is 0.00000162. The summed E-state index contributed by atoms with van der Waals surface area (Å²) in [6.07, 6.45) is 4.31. The Bertz CT molecular complexity index is 342. The molecule has 0 spiro atoms. The summed E-state index contributed by atoms with van der Waals surface area (Å²) >= 11 is 0. The van der Waals surface area contributed by atoms with Crippen molar-refractivity contribution in [2.24, 2.45) is 0 Å².